The number of piperazine rings is 1. The number of rotatable bonds is 11. The molecule has 6 rings (SSSR count). The Hall–Kier alpha value is -2.43. The lowest BCUT2D eigenvalue weighted by molar-refractivity contribution is -0.136. The predicted octanol–water partition coefficient (Wildman–Crippen LogP) is 6.61. The number of hydrogen-bond acceptors (Lipinski definition) is 8. The van der Waals surface area contributed by atoms with Gasteiger partial charge in [-0.05, 0) is 62.7 Å². The highest BCUT2D eigenvalue weighted by Gasteiger charge is 2.40. The lowest BCUT2D eigenvalue weighted by Gasteiger charge is -2.42. The minimum Gasteiger partial charge on any atom is -0.466 e. The Kier molecular flexibility index (Phi) is 11.3. The van der Waals surface area contributed by atoms with Crippen molar-refractivity contribution in [2.75, 3.05) is 66.5 Å². The lowest BCUT2D eigenvalue weighted by atomic mass is 9.84. The van der Waals surface area contributed by atoms with Gasteiger partial charge in [-0.2, -0.15) is 0 Å². The molecule has 0 radical (unpaired) electrons. The number of likely N-dealkylation sites (tertiary alicyclic amines) is 1. The van der Waals surface area contributed by atoms with Gasteiger partial charge < -0.3 is 19.4 Å². The molecule has 1 amide bonds. The van der Waals surface area contributed by atoms with E-state index in [1.54, 1.807) is 29.5 Å². The molecule has 47 heavy (non-hydrogen) atoms. The Balaban J connectivity index is 1.20. The normalized spacial score (nSPS) is 22.2. The number of aromatic nitrogens is 1. The van der Waals surface area contributed by atoms with Gasteiger partial charge >= 0.3 is 5.97 Å². The molecule has 2 saturated heterocycles. The van der Waals surface area contributed by atoms with Crippen LogP contribution < -0.4 is 0 Å². The van der Waals surface area contributed by atoms with Gasteiger partial charge in [-0.15, -0.1) is 11.3 Å². The van der Waals surface area contributed by atoms with Gasteiger partial charge in [0.05, 0.1) is 24.1 Å². The summed E-state index contributed by atoms with van der Waals surface area (Å²) >= 11 is 15.1. The van der Waals surface area contributed by atoms with Crippen LogP contribution in [-0.4, -0.2) is 103 Å². The summed E-state index contributed by atoms with van der Waals surface area (Å²) in [6.45, 7) is 7.97. The number of carbonyl (C=O) groups is 2. The fourth-order valence-electron chi connectivity index (χ4n) is 8.18. The highest BCUT2D eigenvalue weighted by atomic mass is 35.5. The van der Waals surface area contributed by atoms with Crippen molar-refractivity contribution in [3.63, 3.8) is 0 Å². The number of thiazole rings is 1. The van der Waals surface area contributed by atoms with Crippen molar-refractivity contribution >= 4 is 46.4 Å². The first-order valence-corrected chi connectivity index (χ1v) is 18.7. The maximum absolute atomic E-state index is 14.0. The summed E-state index contributed by atoms with van der Waals surface area (Å²) in [7, 11) is 3.31. The number of aryl methyl sites for hydroxylation is 1. The number of nitrogens with zero attached hydrogens (tertiary/aromatic N) is 5. The Labute approximate surface area is 293 Å². The number of amides is 1. The molecule has 4 heterocycles. The average Bonchev–Trinajstić information content (AvgIpc) is 3.86. The summed E-state index contributed by atoms with van der Waals surface area (Å²) in [5, 5.41) is 3.94. The van der Waals surface area contributed by atoms with Gasteiger partial charge in [0.2, 0.25) is 5.91 Å². The lowest BCUT2D eigenvalue weighted by Crippen LogP contribution is -2.53. The molecule has 3 fully saturated rings. The standard InChI is InChI=1S/C36H47Cl2N5O3S/c1-40-26(10-11-31-39-14-21-47-31)22-27(33-28(37)8-7-9-29(33)38)34(35(45)46-2)30(40)23-32(44)43-19-17-42(18-20-43)25-36(12-3-4-13-36)24-41-15-5-6-16-41/h7-9,14,21-22,27H,3-6,10-13,15-20,23-25H2,1-2H3. The molecule has 0 bridgehead atoms. The Morgan fingerprint density at radius 2 is 1.62 bits per heavy atom. The number of carbonyl (C=O) groups excluding carboxylic acids is 2. The van der Waals surface area contributed by atoms with Gasteiger partial charge in [0.25, 0.3) is 0 Å². The number of hydrogen-bond donors (Lipinski definition) is 0. The van der Waals surface area contributed by atoms with Crippen LogP contribution in [0, 0.1) is 5.41 Å². The fraction of sp³-hybridized carbons (Fsp3) is 0.583. The smallest absolute Gasteiger partial charge is 0.336 e. The third kappa shape index (κ3) is 7.91. The summed E-state index contributed by atoms with van der Waals surface area (Å²) in [5.74, 6) is -1.02. The predicted molar refractivity (Wildman–Crippen MR) is 189 cm³/mol. The second-order valence-electron chi connectivity index (χ2n) is 13.6. The first-order valence-electron chi connectivity index (χ1n) is 17.1. The van der Waals surface area contributed by atoms with Crippen molar-refractivity contribution in [1.29, 1.82) is 0 Å². The number of halogens is 2. The van der Waals surface area contributed by atoms with E-state index in [1.807, 2.05) is 34.5 Å². The van der Waals surface area contributed by atoms with E-state index in [0.29, 0.717) is 51.8 Å². The van der Waals surface area contributed by atoms with Gasteiger partial charge in [-0.1, -0.05) is 48.2 Å². The summed E-state index contributed by atoms with van der Waals surface area (Å²) in [4.78, 5) is 41.3. The van der Waals surface area contributed by atoms with E-state index in [0.717, 1.165) is 36.8 Å². The van der Waals surface area contributed by atoms with Crippen LogP contribution >= 0.6 is 34.5 Å². The summed E-state index contributed by atoms with van der Waals surface area (Å²) < 4.78 is 5.33. The monoisotopic (exact) mass is 699 g/mol. The highest BCUT2D eigenvalue weighted by Crippen LogP contribution is 2.44. The second kappa shape index (κ2) is 15.4. The van der Waals surface area contributed by atoms with Crippen molar-refractivity contribution in [2.24, 2.45) is 5.41 Å². The van der Waals surface area contributed by atoms with Crippen LogP contribution in [0.1, 0.15) is 67.9 Å². The zero-order valence-corrected chi connectivity index (χ0v) is 30.0. The largest absolute Gasteiger partial charge is 0.466 e. The summed E-state index contributed by atoms with van der Waals surface area (Å²) in [6, 6.07) is 5.36. The van der Waals surface area contributed by atoms with E-state index in [-0.39, 0.29) is 12.3 Å². The molecule has 0 spiro atoms. The molecule has 1 unspecified atom stereocenters. The zero-order valence-electron chi connectivity index (χ0n) is 27.7. The molecule has 4 aliphatic rings. The number of methoxy groups -OCH3 is 1. The zero-order chi connectivity index (χ0) is 33.0. The molecule has 1 saturated carbocycles. The van der Waals surface area contributed by atoms with Crippen LogP contribution in [-0.2, 0) is 20.7 Å². The van der Waals surface area contributed by atoms with Crippen LogP contribution in [0.3, 0.4) is 0 Å². The molecule has 1 aromatic heterocycles. The molecule has 2 aromatic rings. The van der Waals surface area contributed by atoms with Crippen molar-refractivity contribution in [3.8, 4) is 0 Å². The van der Waals surface area contributed by atoms with Crippen LogP contribution in [0.15, 0.2) is 52.8 Å². The first-order chi connectivity index (χ1) is 22.8. The summed E-state index contributed by atoms with van der Waals surface area (Å²) in [5.41, 5.74) is 3.06. The van der Waals surface area contributed by atoms with Crippen molar-refractivity contribution < 1.29 is 14.3 Å². The minimum absolute atomic E-state index is 0.0192. The topological polar surface area (TPSA) is 69.2 Å². The highest BCUT2D eigenvalue weighted by molar-refractivity contribution is 7.09. The number of ether oxygens (including phenoxy) is 1. The van der Waals surface area contributed by atoms with Gasteiger partial charge in [-0.3, -0.25) is 9.69 Å². The van der Waals surface area contributed by atoms with Gasteiger partial charge in [-0.25, -0.2) is 9.78 Å². The summed E-state index contributed by atoms with van der Waals surface area (Å²) in [6.07, 6.45) is 13.3. The van der Waals surface area contributed by atoms with Gasteiger partial charge in [0, 0.05) is 97.2 Å². The van der Waals surface area contributed by atoms with E-state index >= 15 is 0 Å². The fourth-order valence-corrected chi connectivity index (χ4v) is 9.43. The maximum Gasteiger partial charge on any atom is 0.336 e. The number of esters is 1. The van der Waals surface area contributed by atoms with E-state index in [9.17, 15) is 9.59 Å². The molecule has 3 aliphatic heterocycles. The van der Waals surface area contributed by atoms with Crippen LogP contribution in [0.4, 0.5) is 0 Å². The Bertz CT molecular complexity index is 1450. The molecular weight excluding hydrogens is 653 g/mol. The maximum atomic E-state index is 14.0. The molecule has 0 N–H and O–H groups in total. The first kappa shape index (κ1) is 34.4. The number of allylic oxidation sites excluding steroid dienone is 2. The molecule has 254 valence electrons. The van der Waals surface area contributed by atoms with Gasteiger partial charge in [0.15, 0.2) is 0 Å². The average molecular weight is 701 g/mol. The molecule has 8 nitrogen and oxygen atoms in total. The van der Waals surface area contributed by atoms with Crippen molar-refractivity contribution in [3.05, 3.63) is 73.4 Å². The Morgan fingerprint density at radius 3 is 2.23 bits per heavy atom. The van der Waals surface area contributed by atoms with E-state index in [2.05, 4.69) is 14.8 Å². The van der Waals surface area contributed by atoms with Crippen molar-refractivity contribution in [2.45, 2.75) is 63.7 Å². The molecule has 1 aromatic carbocycles. The van der Waals surface area contributed by atoms with Crippen LogP contribution in [0.25, 0.3) is 0 Å². The third-order valence-electron chi connectivity index (χ3n) is 10.6. The van der Waals surface area contributed by atoms with E-state index in [4.69, 9.17) is 27.9 Å². The minimum atomic E-state index is -0.552. The third-order valence-corrected chi connectivity index (χ3v) is 12.1. The van der Waals surface area contributed by atoms with E-state index in [1.165, 1.54) is 65.3 Å². The second-order valence-corrected chi connectivity index (χ2v) is 15.4. The molecule has 1 atom stereocenters. The number of benzene rings is 1. The van der Waals surface area contributed by atoms with Crippen LogP contribution in [0.5, 0.6) is 0 Å². The Morgan fingerprint density at radius 1 is 0.957 bits per heavy atom. The van der Waals surface area contributed by atoms with E-state index < -0.39 is 11.9 Å². The SMILES string of the molecule is COC(=O)C1=C(CC(=O)N2CCN(CC3(CN4CCCC4)CCCC3)CC2)N(C)C(CCc2nccs2)=CC1c1c(Cl)cccc1Cl. The molecular formula is C36H47Cl2N5O3S. The van der Waals surface area contributed by atoms with Crippen LogP contribution in [0.2, 0.25) is 10.0 Å². The quantitative estimate of drug-likeness (QED) is 0.245. The molecule has 1 aliphatic carbocycles. The van der Waals surface area contributed by atoms with Gasteiger partial charge in [0.1, 0.15) is 0 Å². The van der Waals surface area contributed by atoms with Crippen molar-refractivity contribution in [1.82, 2.24) is 24.6 Å². The molecule has 11 heteroatoms.